The van der Waals surface area contributed by atoms with Crippen molar-refractivity contribution < 1.29 is 14.3 Å². The molecule has 0 aliphatic carbocycles. The maximum Gasteiger partial charge on any atom is 0.308 e. The van der Waals surface area contributed by atoms with Crippen molar-refractivity contribution in [2.45, 2.75) is 13.3 Å². The Morgan fingerprint density at radius 1 is 1.45 bits per heavy atom. The fraction of sp³-hybridized carbons (Fsp3) is 0.286. The molecule has 2 heterocycles. The van der Waals surface area contributed by atoms with Crippen LogP contribution in [0.2, 0.25) is 0 Å². The molecule has 0 fully saturated rings. The summed E-state index contributed by atoms with van der Waals surface area (Å²) in [6.45, 7) is 2.32. The third kappa shape index (κ3) is 2.36. The lowest BCUT2D eigenvalue weighted by atomic mass is 10.2. The molecule has 4 nitrogen and oxygen atoms in total. The number of ether oxygens (including phenoxy) is 2. The molecule has 0 atom stereocenters. The van der Waals surface area contributed by atoms with E-state index in [1.165, 1.54) is 7.11 Å². The van der Waals surface area contributed by atoms with Gasteiger partial charge < -0.3 is 9.47 Å². The van der Waals surface area contributed by atoms with Gasteiger partial charge in [0.25, 0.3) is 0 Å². The first-order chi connectivity index (χ1) is 9.69. The lowest BCUT2D eigenvalue weighted by Gasteiger charge is -2.07. The Labute approximate surface area is 124 Å². The van der Waals surface area contributed by atoms with E-state index in [9.17, 15) is 4.79 Å². The van der Waals surface area contributed by atoms with Gasteiger partial charge in [0.15, 0.2) is 0 Å². The molecule has 1 aromatic carbocycles. The molecule has 0 amide bonds. The molecule has 0 aliphatic rings. The largest absolute Gasteiger partial charge is 0.492 e. The molecule has 2 aromatic heterocycles. The van der Waals surface area contributed by atoms with Gasteiger partial charge in [0.1, 0.15) is 5.75 Å². The molecule has 0 spiro atoms. The molecule has 3 rings (SSSR count). The molecule has 0 bridgehead atoms. The van der Waals surface area contributed by atoms with Crippen molar-refractivity contribution in [3.05, 3.63) is 22.5 Å². The summed E-state index contributed by atoms with van der Waals surface area (Å²) in [5, 5.41) is 4.13. The highest BCUT2D eigenvalue weighted by Gasteiger charge is 2.12. The first-order valence-corrected chi connectivity index (χ1v) is 7.85. The fourth-order valence-corrected chi connectivity index (χ4v) is 3.89. The van der Waals surface area contributed by atoms with Gasteiger partial charge in [0.2, 0.25) is 0 Å². The second kappa shape index (κ2) is 5.38. The van der Waals surface area contributed by atoms with E-state index in [1.807, 2.05) is 24.4 Å². The number of aromatic nitrogens is 1. The van der Waals surface area contributed by atoms with Crippen molar-refractivity contribution in [2.24, 2.45) is 0 Å². The maximum absolute atomic E-state index is 11.1. The van der Waals surface area contributed by atoms with Crippen LogP contribution >= 0.6 is 22.7 Å². The van der Waals surface area contributed by atoms with Gasteiger partial charge in [-0.05, 0) is 18.4 Å². The minimum absolute atomic E-state index is 0.252. The minimum atomic E-state index is -0.263. The molecule has 104 valence electrons. The van der Waals surface area contributed by atoms with Gasteiger partial charge in [0.05, 0.1) is 40.1 Å². The zero-order valence-electron chi connectivity index (χ0n) is 11.1. The molecule has 0 unspecified atom stereocenters. The normalized spacial score (nSPS) is 11.1. The summed E-state index contributed by atoms with van der Waals surface area (Å²) in [4.78, 5) is 15.7. The smallest absolute Gasteiger partial charge is 0.308 e. The summed E-state index contributed by atoms with van der Waals surface area (Å²) in [5.74, 6) is 0.544. The Kier molecular flexibility index (Phi) is 3.58. The molecular formula is C14H13NO3S2. The van der Waals surface area contributed by atoms with Gasteiger partial charge in [-0.1, -0.05) is 0 Å². The Morgan fingerprint density at radius 2 is 2.30 bits per heavy atom. The molecule has 3 aromatic rings. The average Bonchev–Trinajstić information content (AvgIpc) is 3.03. The van der Waals surface area contributed by atoms with Crippen LogP contribution in [0.4, 0.5) is 0 Å². The monoisotopic (exact) mass is 307 g/mol. The standard InChI is InChI=1S/C14H13NO3S2/c1-8-15-13-11(20-8)7-10(9-4-6-19-14(9)13)18-5-3-12(16)17-2/h4,6-7H,3,5H2,1-2H3. The summed E-state index contributed by atoms with van der Waals surface area (Å²) in [6, 6.07) is 4.04. The van der Waals surface area contributed by atoms with Gasteiger partial charge in [-0.15, -0.1) is 22.7 Å². The second-order valence-corrected chi connectivity index (χ2v) is 6.44. The molecule has 0 N–H and O–H groups in total. The molecular weight excluding hydrogens is 294 g/mol. The van der Waals surface area contributed by atoms with E-state index in [2.05, 4.69) is 9.72 Å². The lowest BCUT2D eigenvalue weighted by Crippen LogP contribution is -2.07. The number of thiophene rings is 1. The van der Waals surface area contributed by atoms with E-state index >= 15 is 0 Å². The van der Waals surface area contributed by atoms with Crippen molar-refractivity contribution in [1.82, 2.24) is 4.98 Å². The summed E-state index contributed by atoms with van der Waals surface area (Å²) < 4.78 is 12.6. The SMILES string of the molecule is COC(=O)CCOc1cc2sc(C)nc2c2sccc12. The summed E-state index contributed by atoms with van der Waals surface area (Å²) in [5.41, 5.74) is 1.04. The predicted octanol–water partition coefficient (Wildman–Crippen LogP) is 3.76. The van der Waals surface area contributed by atoms with Crippen molar-refractivity contribution in [3.63, 3.8) is 0 Å². The van der Waals surface area contributed by atoms with E-state index in [0.29, 0.717) is 6.61 Å². The molecule has 0 radical (unpaired) electrons. The topological polar surface area (TPSA) is 48.4 Å². The molecule has 0 aliphatic heterocycles. The first kappa shape index (κ1) is 13.3. The number of carbonyl (C=O) groups excluding carboxylic acids is 1. The number of hydrogen-bond acceptors (Lipinski definition) is 6. The Morgan fingerprint density at radius 3 is 3.10 bits per heavy atom. The molecule has 0 saturated heterocycles. The van der Waals surface area contributed by atoms with E-state index in [0.717, 1.165) is 31.1 Å². The van der Waals surface area contributed by atoms with Crippen LogP contribution < -0.4 is 4.74 Å². The summed E-state index contributed by atoms with van der Waals surface area (Å²) >= 11 is 3.31. The van der Waals surface area contributed by atoms with Crippen LogP contribution in [0.5, 0.6) is 5.75 Å². The van der Waals surface area contributed by atoms with E-state index < -0.39 is 0 Å². The van der Waals surface area contributed by atoms with Crippen molar-refractivity contribution >= 4 is 48.9 Å². The Bertz CT molecular complexity index is 775. The van der Waals surface area contributed by atoms with Gasteiger partial charge in [-0.3, -0.25) is 4.79 Å². The number of thiazole rings is 1. The molecule has 6 heteroatoms. The fourth-order valence-electron chi connectivity index (χ4n) is 2.05. The van der Waals surface area contributed by atoms with Crippen LogP contribution in [0.1, 0.15) is 11.4 Å². The van der Waals surface area contributed by atoms with Gasteiger partial charge in [0, 0.05) is 11.5 Å². The van der Waals surface area contributed by atoms with E-state index in [-0.39, 0.29) is 12.4 Å². The van der Waals surface area contributed by atoms with Crippen LogP contribution in [0.25, 0.3) is 20.3 Å². The van der Waals surface area contributed by atoms with Crippen LogP contribution in [-0.2, 0) is 9.53 Å². The highest BCUT2D eigenvalue weighted by Crippen LogP contribution is 2.38. The Balaban J connectivity index is 1.96. The van der Waals surface area contributed by atoms with Crippen molar-refractivity contribution in [3.8, 4) is 5.75 Å². The zero-order chi connectivity index (χ0) is 14.1. The Hall–Kier alpha value is -1.66. The van der Waals surface area contributed by atoms with Crippen LogP contribution in [-0.4, -0.2) is 24.7 Å². The van der Waals surface area contributed by atoms with Gasteiger partial charge in [-0.2, -0.15) is 0 Å². The maximum atomic E-state index is 11.1. The first-order valence-electron chi connectivity index (χ1n) is 6.16. The number of carbonyl (C=O) groups is 1. The highest BCUT2D eigenvalue weighted by atomic mass is 32.1. The number of rotatable bonds is 4. The van der Waals surface area contributed by atoms with Crippen LogP contribution in [0.15, 0.2) is 17.5 Å². The summed E-state index contributed by atoms with van der Waals surface area (Å²) in [7, 11) is 1.38. The van der Waals surface area contributed by atoms with Gasteiger partial charge in [-0.25, -0.2) is 4.98 Å². The van der Waals surface area contributed by atoms with E-state index in [4.69, 9.17) is 4.74 Å². The molecule has 20 heavy (non-hydrogen) atoms. The minimum Gasteiger partial charge on any atom is -0.492 e. The number of nitrogens with zero attached hydrogens (tertiary/aromatic N) is 1. The third-order valence-corrected chi connectivity index (χ3v) is 4.80. The highest BCUT2D eigenvalue weighted by molar-refractivity contribution is 7.21. The number of esters is 1. The van der Waals surface area contributed by atoms with Crippen molar-refractivity contribution in [2.75, 3.05) is 13.7 Å². The summed E-state index contributed by atoms with van der Waals surface area (Å²) in [6.07, 6.45) is 0.252. The lowest BCUT2D eigenvalue weighted by molar-refractivity contribution is -0.141. The molecule has 0 saturated carbocycles. The number of methoxy groups -OCH3 is 1. The van der Waals surface area contributed by atoms with E-state index in [1.54, 1.807) is 22.7 Å². The predicted molar refractivity (Wildman–Crippen MR) is 81.9 cm³/mol. The number of hydrogen-bond donors (Lipinski definition) is 0. The average molecular weight is 307 g/mol. The number of aryl methyl sites for hydroxylation is 1. The van der Waals surface area contributed by atoms with Gasteiger partial charge >= 0.3 is 5.97 Å². The van der Waals surface area contributed by atoms with Crippen LogP contribution in [0, 0.1) is 6.92 Å². The zero-order valence-corrected chi connectivity index (χ0v) is 12.8. The quantitative estimate of drug-likeness (QED) is 0.689. The second-order valence-electron chi connectivity index (χ2n) is 4.29. The third-order valence-electron chi connectivity index (χ3n) is 2.96. The van der Waals surface area contributed by atoms with Crippen LogP contribution in [0.3, 0.4) is 0 Å². The van der Waals surface area contributed by atoms with Crippen molar-refractivity contribution in [1.29, 1.82) is 0 Å². The number of benzene rings is 1. The number of fused-ring (bicyclic) bond motifs is 3.